The first kappa shape index (κ1) is 66.5. The highest BCUT2D eigenvalue weighted by Gasteiger charge is 2.35. The molecule has 0 spiro atoms. The van der Waals surface area contributed by atoms with E-state index in [-0.39, 0.29) is 46.6 Å². The largest absolute Gasteiger partial charge is 0.419 e. The summed E-state index contributed by atoms with van der Waals surface area (Å²) in [5.41, 5.74) is 7.08. The highest BCUT2D eigenvalue weighted by atomic mass is 79.9. The van der Waals surface area contributed by atoms with Gasteiger partial charge in [0.25, 0.3) is 0 Å². The van der Waals surface area contributed by atoms with Crippen molar-refractivity contribution in [2.24, 2.45) is 10.3 Å². The highest BCUT2D eigenvalue weighted by Crippen LogP contribution is 2.37. The topological polar surface area (TPSA) is 253 Å². The lowest BCUT2D eigenvalue weighted by atomic mass is 10.0. The molecule has 3 heterocycles. The number of benzene rings is 9. The minimum Gasteiger partial charge on any atom is -0.342 e. The van der Waals surface area contributed by atoms with Crippen LogP contribution in [0.15, 0.2) is 202 Å². The van der Waals surface area contributed by atoms with Crippen molar-refractivity contribution in [3.8, 4) is 33.4 Å². The average molecular weight is 1400 g/mol. The molecule has 12 aromatic rings. The van der Waals surface area contributed by atoms with E-state index in [1.807, 2.05) is 66.7 Å². The molecule has 0 atom stereocenters. The molecule has 0 aliphatic heterocycles. The number of hydrogen-bond donors (Lipinski definition) is 6. The maximum absolute atomic E-state index is 14.2. The van der Waals surface area contributed by atoms with Crippen LogP contribution in [0.4, 0.5) is 40.8 Å². The number of nitrogens with two attached hydrogens (primary N) is 2. The summed E-state index contributed by atoms with van der Waals surface area (Å²) in [7, 11) is -11.2. The second kappa shape index (κ2) is 27.1. The standard InChI is InChI=1S/C22H18BrN3O2S.2C22H17F4N3O2S/c1-29(27,28)26-19-5-3-2-4-18(19)16-9-12-20-21(14-16)25-22(24-20)13-8-15-6-10-17(23)11-7-15;23-21-13(4-3-6-16(21)22(24,25)26)9-11-20-28-17-10-8-14(12-18(17)29-20)15-5-1-2-7-19(15)32(27,30)31;23-15-8-5-13(17(12-15)22(24,25)26)7-10-21-28-18-9-6-14(11-19(18)29-21)16-3-1-2-4-20(16)32(27,30)31/h2-14,26H,1H3,(H,24,25);1-8,10,12H,9,11H2,(H,28,29)(H2,27,30,31);1-6,8-9,11-12H,7,10H2,(H,28,29)(H2,27,30,31)/b13-8+;;. The number of imidazole rings is 3. The molecule has 478 valence electrons. The molecule has 0 bridgehead atoms. The van der Waals surface area contributed by atoms with Crippen LogP contribution in [0.25, 0.3) is 78.6 Å². The van der Waals surface area contributed by atoms with Crippen LogP contribution in [-0.2, 0) is 68.1 Å². The summed E-state index contributed by atoms with van der Waals surface area (Å²) in [6.07, 6.45) is -3.94. The predicted molar refractivity (Wildman–Crippen MR) is 346 cm³/mol. The van der Waals surface area contributed by atoms with Crippen LogP contribution in [0.5, 0.6) is 0 Å². The molecule has 9 aromatic carbocycles. The second-order valence-electron chi connectivity index (χ2n) is 21.1. The summed E-state index contributed by atoms with van der Waals surface area (Å²) in [5.74, 6) is -0.555. The number of primary sulfonamides is 2. The maximum Gasteiger partial charge on any atom is 0.419 e. The molecule has 15 nitrogen and oxygen atoms in total. The number of sulfonamides is 3. The number of anilines is 1. The van der Waals surface area contributed by atoms with E-state index in [9.17, 15) is 60.4 Å². The number of hydrogen-bond acceptors (Lipinski definition) is 9. The van der Waals surface area contributed by atoms with Gasteiger partial charge in [-0.25, -0.2) is 59.3 Å². The summed E-state index contributed by atoms with van der Waals surface area (Å²) in [6.45, 7) is 0. The molecular weight excluding hydrogens is 1340 g/mol. The van der Waals surface area contributed by atoms with E-state index in [4.69, 9.17) is 10.3 Å². The van der Waals surface area contributed by atoms with Gasteiger partial charge in [-0.1, -0.05) is 125 Å². The number of nitrogens with one attached hydrogen (secondary N) is 4. The number of para-hydroxylation sites is 1. The fourth-order valence-electron chi connectivity index (χ4n) is 10.2. The first-order valence-corrected chi connectivity index (χ1v) is 33.6. The van der Waals surface area contributed by atoms with Gasteiger partial charge in [-0.15, -0.1) is 0 Å². The van der Waals surface area contributed by atoms with Gasteiger partial charge >= 0.3 is 12.4 Å². The number of aryl methyl sites for hydroxylation is 4. The Bertz CT molecular complexity index is 5160. The molecular formula is C66H52BrF8N9O6S3. The minimum absolute atomic E-state index is 0.00997. The van der Waals surface area contributed by atoms with Gasteiger partial charge in [-0.05, 0) is 137 Å². The van der Waals surface area contributed by atoms with Gasteiger partial charge in [0.2, 0.25) is 30.1 Å². The number of alkyl halides is 6. The number of nitrogens with zero attached hydrogens (tertiary/aromatic N) is 3. The van der Waals surface area contributed by atoms with Crippen LogP contribution in [0.3, 0.4) is 0 Å². The zero-order valence-corrected chi connectivity index (χ0v) is 52.5. The maximum atomic E-state index is 14.2. The van der Waals surface area contributed by atoms with Crippen molar-refractivity contribution in [2.45, 2.75) is 47.8 Å². The van der Waals surface area contributed by atoms with Gasteiger partial charge in [0.1, 0.15) is 29.1 Å². The van der Waals surface area contributed by atoms with Crippen LogP contribution in [-0.4, -0.2) is 61.4 Å². The fraction of sp³-hybridized carbons (Fsp3) is 0.106. The number of rotatable bonds is 15. The van der Waals surface area contributed by atoms with Crippen molar-refractivity contribution >= 4 is 96.9 Å². The molecule has 0 unspecified atom stereocenters. The van der Waals surface area contributed by atoms with Crippen molar-refractivity contribution < 1.29 is 60.4 Å². The lowest BCUT2D eigenvalue weighted by molar-refractivity contribution is -0.140. The number of H-pyrrole nitrogens is 3. The molecule has 27 heteroatoms. The zero-order valence-electron chi connectivity index (χ0n) is 48.5. The van der Waals surface area contributed by atoms with Crippen LogP contribution in [0, 0.1) is 11.6 Å². The molecule has 3 aromatic heterocycles. The zero-order chi connectivity index (χ0) is 66.6. The van der Waals surface area contributed by atoms with Crippen molar-refractivity contribution in [1.29, 1.82) is 0 Å². The Morgan fingerprint density at radius 3 is 1.47 bits per heavy atom. The third kappa shape index (κ3) is 16.6. The molecule has 0 radical (unpaired) electrons. The van der Waals surface area contributed by atoms with Crippen molar-refractivity contribution in [1.82, 2.24) is 29.9 Å². The van der Waals surface area contributed by atoms with E-state index in [2.05, 4.69) is 50.6 Å². The van der Waals surface area contributed by atoms with Crippen molar-refractivity contribution in [3.05, 3.63) is 249 Å². The molecule has 0 saturated heterocycles. The van der Waals surface area contributed by atoms with Gasteiger partial charge in [0.05, 0.1) is 66.0 Å². The molecule has 12 rings (SSSR count). The van der Waals surface area contributed by atoms with Crippen LogP contribution >= 0.6 is 15.9 Å². The van der Waals surface area contributed by atoms with Crippen molar-refractivity contribution in [3.63, 3.8) is 0 Å². The van der Waals surface area contributed by atoms with E-state index in [1.165, 1.54) is 24.3 Å². The van der Waals surface area contributed by atoms with Crippen LogP contribution in [0.2, 0.25) is 0 Å². The lowest BCUT2D eigenvalue weighted by Crippen LogP contribution is -2.13. The summed E-state index contributed by atoms with van der Waals surface area (Å²) < 4.78 is 180. The summed E-state index contributed by atoms with van der Waals surface area (Å²) in [5, 5.41) is 10.6. The number of aromatic amines is 3. The Morgan fingerprint density at radius 2 is 0.957 bits per heavy atom. The van der Waals surface area contributed by atoms with Gasteiger partial charge in [-0.2, -0.15) is 26.3 Å². The summed E-state index contributed by atoms with van der Waals surface area (Å²) in [4.78, 5) is 22.8. The minimum atomic E-state index is -4.76. The Hall–Kier alpha value is -9.38. The first-order valence-electron chi connectivity index (χ1n) is 27.9. The molecule has 0 aliphatic carbocycles. The van der Waals surface area contributed by atoms with Crippen LogP contribution < -0.4 is 15.0 Å². The molecule has 0 saturated carbocycles. The number of halogens is 9. The molecule has 93 heavy (non-hydrogen) atoms. The lowest BCUT2D eigenvalue weighted by Gasteiger charge is -2.12. The quantitative estimate of drug-likeness (QED) is 0.0533. The Kier molecular flexibility index (Phi) is 19.4. The highest BCUT2D eigenvalue weighted by molar-refractivity contribution is 9.10. The Morgan fingerprint density at radius 1 is 0.484 bits per heavy atom. The smallest absolute Gasteiger partial charge is 0.342 e. The number of fused-ring (bicyclic) bond motifs is 3. The Labute approximate surface area is 536 Å². The summed E-state index contributed by atoms with van der Waals surface area (Å²) >= 11 is 3.43. The van der Waals surface area contributed by atoms with Gasteiger partial charge in [0, 0.05) is 34.0 Å². The molecule has 8 N–H and O–H groups in total. The molecule has 0 aliphatic rings. The predicted octanol–water partition coefficient (Wildman–Crippen LogP) is 15.2. The van der Waals surface area contributed by atoms with Crippen LogP contribution in [0.1, 0.15) is 45.3 Å². The number of aromatic nitrogens is 6. The SMILES string of the molecule is CS(=O)(=O)Nc1ccccc1-c1ccc2nc(/C=C/c3ccc(Br)cc3)[nH]c2c1.NS(=O)(=O)c1ccccc1-c1ccc2nc(CCc3ccc(F)cc3C(F)(F)F)[nH]c2c1.NS(=O)(=O)c1ccccc1-c1ccc2nc(CCc3cccc(C(F)(F)F)c3F)[nH]c2c1. The normalized spacial score (nSPS) is 12.3. The van der Waals surface area contributed by atoms with Gasteiger partial charge in [-0.3, -0.25) is 4.72 Å². The Balaban J connectivity index is 0.000000153. The van der Waals surface area contributed by atoms with E-state index in [1.54, 1.807) is 84.9 Å². The third-order valence-electron chi connectivity index (χ3n) is 14.4. The average Bonchev–Trinajstić information content (AvgIpc) is 1.82. The second-order valence-corrected chi connectivity index (χ2v) is 26.9. The van der Waals surface area contributed by atoms with E-state index in [0.717, 1.165) is 56.4 Å². The third-order valence-corrected chi connectivity index (χ3v) is 17.5. The van der Waals surface area contributed by atoms with E-state index >= 15 is 0 Å². The fourth-order valence-corrected chi connectivity index (χ4v) is 12.5. The van der Waals surface area contributed by atoms with Gasteiger partial charge in [0.15, 0.2) is 0 Å². The first-order chi connectivity index (χ1) is 43.9. The van der Waals surface area contributed by atoms with E-state index in [0.29, 0.717) is 73.8 Å². The van der Waals surface area contributed by atoms with Gasteiger partial charge < -0.3 is 15.0 Å². The molecule has 0 amide bonds. The van der Waals surface area contributed by atoms with Crippen molar-refractivity contribution in [2.75, 3.05) is 11.0 Å². The summed E-state index contributed by atoms with van der Waals surface area (Å²) in [6, 6.07) is 49.8. The monoisotopic (exact) mass is 1390 g/mol. The molecule has 0 fully saturated rings. The van der Waals surface area contributed by atoms with E-state index < -0.39 is 65.2 Å².